The molecule has 2 aromatic rings. The lowest BCUT2D eigenvalue weighted by atomic mass is 10.1. The summed E-state index contributed by atoms with van der Waals surface area (Å²) < 4.78 is 5.48. The van der Waals surface area contributed by atoms with Crippen molar-refractivity contribution in [2.45, 2.75) is 6.92 Å². The van der Waals surface area contributed by atoms with Crippen molar-refractivity contribution in [3.63, 3.8) is 0 Å². The molecule has 0 saturated heterocycles. The zero-order valence-corrected chi connectivity index (χ0v) is 9.40. The normalized spacial score (nSPS) is 11.1. The zero-order valence-electron chi connectivity index (χ0n) is 8.64. The molecule has 1 aromatic heterocycles. The first kappa shape index (κ1) is 10.8. The van der Waals surface area contributed by atoms with Crippen molar-refractivity contribution < 1.29 is 9.62 Å². The van der Waals surface area contributed by atoms with E-state index in [4.69, 9.17) is 21.2 Å². The van der Waals surface area contributed by atoms with Gasteiger partial charge in [-0.2, -0.15) is 0 Å². The van der Waals surface area contributed by atoms with E-state index in [9.17, 15) is 0 Å². The van der Waals surface area contributed by atoms with E-state index in [2.05, 4.69) is 5.16 Å². The third kappa shape index (κ3) is 2.09. The average molecular weight is 236 g/mol. The Bertz CT molecular complexity index is 532. The van der Waals surface area contributed by atoms with Gasteiger partial charge in [0.15, 0.2) is 0 Å². The topological polar surface area (TPSA) is 45.7 Å². The van der Waals surface area contributed by atoms with Gasteiger partial charge < -0.3 is 9.62 Å². The molecule has 0 aliphatic heterocycles. The predicted molar refractivity (Wildman–Crippen MR) is 63.3 cm³/mol. The van der Waals surface area contributed by atoms with Gasteiger partial charge in [-0.05, 0) is 36.8 Å². The van der Waals surface area contributed by atoms with E-state index in [1.807, 2.05) is 31.2 Å². The molecule has 3 nitrogen and oxygen atoms in total. The average Bonchev–Trinajstić information content (AvgIpc) is 2.71. The highest BCUT2D eigenvalue weighted by molar-refractivity contribution is 6.30. The van der Waals surface area contributed by atoms with Crippen molar-refractivity contribution in [3.05, 3.63) is 46.7 Å². The summed E-state index contributed by atoms with van der Waals surface area (Å²) in [6.45, 7) is 1.98. The first-order chi connectivity index (χ1) is 7.70. The lowest BCUT2D eigenvalue weighted by molar-refractivity contribution is 0.321. The summed E-state index contributed by atoms with van der Waals surface area (Å²) in [5.74, 6) is 1.20. The highest BCUT2D eigenvalue weighted by Crippen LogP contribution is 2.27. The number of hydrogen-bond acceptors (Lipinski definition) is 3. The van der Waals surface area contributed by atoms with Crippen molar-refractivity contribution in [1.29, 1.82) is 0 Å². The van der Waals surface area contributed by atoms with Gasteiger partial charge in [0.25, 0.3) is 0 Å². The molecule has 0 radical (unpaired) electrons. The van der Waals surface area contributed by atoms with Crippen LogP contribution in [0.25, 0.3) is 11.3 Å². The molecule has 0 bridgehead atoms. The summed E-state index contributed by atoms with van der Waals surface area (Å²) in [5, 5.41) is 12.0. The Balaban J connectivity index is 2.45. The van der Waals surface area contributed by atoms with Crippen LogP contribution in [0.5, 0.6) is 0 Å². The molecule has 0 aliphatic rings. The fourth-order valence-electron chi connectivity index (χ4n) is 1.48. The molecule has 1 aromatic carbocycles. The van der Waals surface area contributed by atoms with Crippen LogP contribution in [0.2, 0.25) is 5.02 Å². The molecule has 0 amide bonds. The Morgan fingerprint density at radius 1 is 1.31 bits per heavy atom. The van der Waals surface area contributed by atoms with Gasteiger partial charge in [0.05, 0.1) is 0 Å². The van der Waals surface area contributed by atoms with Crippen molar-refractivity contribution in [3.8, 4) is 11.3 Å². The van der Waals surface area contributed by atoms with Crippen LogP contribution in [0.1, 0.15) is 11.3 Å². The SMILES string of the molecule is Cc1ccc(Cl)cc1-c1ccc(C=NO)o1. The maximum atomic E-state index is 8.39. The first-order valence-electron chi connectivity index (χ1n) is 4.74. The minimum atomic E-state index is 0.497. The molecule has 82 valence electrons. The quantitative estimate of drug-likeness (QED) is 0.490. The lowest BCUT2D eigenvalue weighted by Gasteiger charge is -2.02. The number of aryl methyl sites for hydroxylation is 1. The number of benzene rings is 1. The molecule has 1 heterocycles. The van der Waals surface area contributed by atoms with E-state index in [1.54, 1.807) is 6.07 Å². The molecule has 1 N–H and O–H groups in total. The summed E-state index contributed by atoms with van der Waals surface area (Å²) >= 11 is 5.93. The number of halogens is 1. The second kappa shape index (κ2) is 4.41. The smallest absolute Gasteiger partial charge is 0.149 e. The summed E-state index contributed by atoms with van der Waals surface area (Å²) in [7, 11) is 0. The van der Waals surface area contributed by atoms with Gasteiger partial charge in [-0.3, -0.25) is 0 Å². The number of hydrogen-bond donors (Lipinski definition) is 1. The number of furan rings is 1. The van der Waals surface area contributed by atoms with Gasteiger partial charge in [0.2, 0.25) is 0 Å². The predicted octanol–water partition coefficient (Wildman–Crippen LogP) is 3.72. The number of oxime groups is 1. The first-order valence-corrected chi connectivity index (χ1v) is 5.12. The molecule has 0 fully saturated rings. The Kier molecular flexibility index (Phi) is 2.97. The zero-order chi connectivity index (χ0) is 11.5. The molecular weight excluding hydrogens is 226 g/mol. The molecule has 2 rings (SSSR count). The van der Waals surface area contributed by atoms with Gasteiger partial charge in [-0.25, -0.2) is 0 Å². The third-order valence-corrected chi connectivity index (χ3v) is 2.51. The lowest BCUT2D eigenvalue weighted by Crippen LogP contribution is -1.80. The Hall–Kier alpha value is -1.74. The highest BCUT2D eigenvalue weighted by atomic mass is 35.5. The van der Waals surface area contributed by atoms with Crippen molar-refractivity contribution in [2.24, 2.45) is 5.16 Å². The molecule has 0 atom stereocenters. The van der Waals surface area contributed by atoms with E-state index in [0.29, 0.717) is 16.5 Å². The van der Waals surface area contributed by atoms with Crippen LogP contribution in [0.4, 0.5) is 0 Å². The molecule has 0 aliphatic carbocycles. The van der Waals surface area contributed by atoms with Crippen molar-refractivity contribution in [2.75, 3.05) is 0 Å². The standard InChI is InChI=1S/C12H10ClNO2/c1-8-2-3-9(13)6-11(8)12-5-4-10(16-12)7-14-15/h2-7,15H,1H3. The van der Waals surface area contributed by atoms with Gasteiger partial charge in [0, 0.05) is 10.6 Å². The molecule has 4 heteroatoms. The van der Waals surface area contributed by atoms with E-state index in [0.717, 1.165) is 11.1 Å². The van der Waals surface area contributed by atoms with Crippen molar-refractivity contribution in [1.82, 2.24) is 0 Å². The summed E-state index contributed by atoms with van der Waals surface area (Å²) in [6.07, 6.45) is 1.24. The summed E-state index contributed by atoms with van der Waals surface area (Å²) in [4.78, 5) is 0. The highest BCUT2D eigenvalue weighted by Gasteiger charge is 2.07. The van der Waals surface area contributed by atoms with Crippen LogP contribution < -0.4 is 0 Å². The van der Waals surface area contributed by atoms with E-state index in [1.165, 1.54) is 6.21 Å². The second-order valence-electron chi connectivity index (χ2n) is 3.41. The molecule has 0 saturated carbocycles. The largest absolute Gasteiger partial charge is 0.455 e. The minimum Gasteiger partial charge on any atom is -0.455 e. The van der Waals surface area contributed by atoms with Crippen LogP contribution in [-0.4, -0.2) is 11.4 Å². The van der Waals surface area contributed by atoms with E-state index < -0.39 is 0 Å². The number of nitrogens with zero attached hydrogens (tertiary/aromatic N) is 1. The third-order valence-electron chi connectivity index (χ3n) is 2.28. The molecular formula is C12H10ClNO2. The van der Waals surface area contributed by atoms with Crippen LogP contribution >= 0.6 is 11.6 Å². The fourth-order valence-corrected chi connectivity index (χ4v) is 1.66. The van der Waals surface area contributed by atoms with E-state index >= 15 is 0 Å². The van der Waals surface area contributed by atoms with E-state index in [-0.39, 0.29) is 0 Å². The van der Waals surface area contributed by atoms with Gasteiger partial charge in [-0.15, -0.1) is 0 Å². The fraction of sp³-hybridized carbons (Fsp3) is 0.0833. The summed E-state index contributed by atoms with van der Waals surface area (Å²) in [5.41, 5.74) is 2.01. The van der Waals surface area contributed by atoms with Crippen LogP contribution in [-0.2, 0) is 0 Å². The van der Waals surface area contributed by atoms with Gasteiger partial charge >= 0.3 is 0 Å². The summed E-state index contributed by atoms with van der Waals surface area (Å²) in [6, 6.07) is 9.15. The Labute approximate surface area is 98.0 Å². The molecule has 0 unspecified atom stereocenters. The molecule has 16 heavy (non-hydrogen) atoms. The second-order valence-corrected chi connectivity index (χ2v) is 3.84. The maximum Gasteiger partial charge on any atom is 0.149 e. The van der Waals surface area contributed by atoms with Gasteiger partial charge in [-0.1, -0.05) is 22.8 Å². The maximum absolute atomic E-state index is 8.39. The Morgan fingerprint density at radius 3 is 2.88 bits per heavy atom. The van der Waals surface area contributed by atoms with Gasteiger partial charge in [0.1, 0.15) is 17.7 Å². The molecule has 0 spiro atoms. The van der Waals surface area contributed by atoms with Crippen molar-refractivity contribution >= 4 is 17.8 Å². The number of rotatable bonds is 2. The Morgan fingerprint density at radius 2 is 2.12 bits per heavy atom. The minimum absolute atomic E-state index is 0.497. The van der Waals surface area contributed by atoms with Crippen LogP contribution in [0.3, 0.4) is 0 Å². The monoisotopic (exact) mass is 235 g/mol. The van der Waals surface area contributed by atoms with Crippen LogP contribution in [0.15, 0.2) is 39.9 Å². The van der Waals surface area contributed by atoms with Crippen LogP contribution in [0, 0.1) is 6.92 Å².